The number of methoxy groups -OCH3 is 1. The molecule has 5 rings (SSSR count). The van der Waals surface area contributed by atoms with Gasteiger partial charge in [-0.25, -0.2) is 4.79 Å². The molecule has 10 nitrogen and oxygen atoms in total. The molecule has 0 aliphatic carbocycles. The van der Waals surface area contributed by atoms with Crippen molar-refractivity contribution in [3.63, 3.8) is 0 Å². The van der Waals surface area contributed by atoms with E-state index in [2.05, 4.69) is 0 Å². The van der Waals surface area contributed by atoms with Crippen LogP contribution < -0.4 is 0 Å². The van der Waals surface area contributed by atoms with Crippen molar-refractivity contribution in [1.82, 2.24) is 0 Å². The van der Waals surface area contributed by atoms with Crippen molar-refractivity contribution in [2.75, 3.05) is 13.7 Å². The van der Waals surface area contributed by atoms with Crippen molar-refractivity contribution < 1.29 is 38.9 Å². The lowest BCUT2D eigenvalue weighted by molar-refractivity contribution is -0.384. The lowest BCUT2D eigenvalue weighted by atomic mass is 9.80. The number of esters is 1. The number of hydrogen-bond donors (Lipinski definition) is 2. The van der Waals surface area contributed by atoms with Gasteiger partial charge >= 0.3 is 5.97 Å². The molecule has 0 unspecified atom stereocenters. The molecule has 4 aromatic carbocycles. The van der Waals surface area contributed by atoms with E-state index in [9.17, 15) is 25.1 Å². The Hall–Kier alpha value is -4.45. The van der Waals surface area contributed by atoms with Gasteiger partial charge in [0.05, 0.1) is 17.1 Å². The van der Waals surface area contributed by atoms with E-state index in [0.29, 0.717) is 0 Å². The minimum Gasteiger partial charge on any atom is -0.450 e. The number of benzene rings is 4. The summed E-state index contributed by atoms with van der Waals surface area (Å²) in [5, 5.41) is 33.1. The first-order chi connectivity index (χ1) is 20.8. The smallest absolute Gasteiger partial charge is 0.338 e. The number of nitrogens with zero attached hydrogens (tertiary/aromatic N) is 1. The summed E-state index contributed by atoms with van der Waals surface area (Å²) in [6.45, 7) is -0.167. The van der Waals surface area contributed by atoms with Crippen LogP contribution in [-0.4, -0.2) is 65.5 Å². The monoisotopic (exact) mass is 585 g/mol. The van der Waals surface area contributed by atoms with Gasteiger partial charge in [0.1, 0.15) is 23.9 Å². The van der Waals surface area contributed by atoms with Crippen LogP contribution in [0.5, 0.6) is 0 Å². The summed E-state index contributed by atoms with van der Waals surface area (Å²) in [6.07, 6.45) is -6.80. The van der Waals surface area contributed by atoms with Crippen LogP contribution in [0.1, 0.15) is 27.0 Å². The van der Waals surface area contributed by atoms with E-state index in [1.165, 1.54) is 31.4 Å². The number of nitro groups is 1. The quantitative estimate of drug-likeness (QED) is 0.121. The SMILES string of the molecule is CO[C@H]1O[C@H](COC(c2ccccc2)(c2ccccc2)c2ccccc2)[C@@H](O)[C@H](O)[C@H]1OC(=O)c1ccc([N+](=O)[O-])cc1. The Kier molecular flexibility index (Phi) is 9.24. The van der Waals surface area contributed by atoms with Crippen LogP contribution in [0.25, 0.3) is 0 Å². The minimum absolute atomic E-state index is 0.0194. The molecule has 0 bridgehead atoms. The topological polar surface area (TPSA) is 138 Å². The molecule has 0 amide bonds. The van der Waals surface area contributed by atoms with Crippen molar-refractivity contribution in [3.05, 3.63) is 148 Å². The molecule has 4 aromatic rings. The van der Waals surface area contributed by atoms with Gasteiger partial charge in [0.25, 0.3) is 5.69 Å². The molecule has 0 saturated carbocycles. The number of ether oxygens (including phenoxy) is 4. The molecule has 1 saturated heterocycles. The third-order valence-corrected chi connectivity index (χ3v) is 7.44. The van der Waals surface area contributed by atoms with Gasteiger partial charge in [-0.15, -0.1) is 0 Å². The van der Waals surface area contributed by atoms with Crippen LogP contribution in [-0.2, 0) is 24.5 Å². The number of hydrogen-bond acceptors (Lipinski definition) is 9. The highest BCUT2D eigenvalue weighted by Gasteiger charge is 2.48. The summed E-state index contributed by atoms with van der Waals surface area (Å²) in [6, 6.07) is 33.8. The van der Waals surface area contributed by atoms with Crippen molar-refractivity contribution >= 4 is 11.7 Å². The Labute approximate surface area is 248 Å². The van der Waals surface area contributed by atoms with E-state index in [-0.39, 0.29) is 17.9 Å². The van der Waals surface area contributed by atoms with Crippen LogP contribution in [0.15, 0.2) is 115 Å². The lowest BCUT2D eigenvalue weighted by Crippen LogP contribution is -2.60. The van der Waals surface area contributed by atoms with Gasteiger partial charge < -0.3 is 29.2 Å². The highest BCUT2D eigenvalue weighted by Crippen LogP contribution is 2.41. The van der Waals surface area contributed by atoms with Crippen LogP contribution in [0.4, 0.5) is 5.69 Å². The second-order valence-corrected chi connectivity index (χ2v) is 10.0. The number of aliphatic hydroxyl groups excluding tert-OH is 2. The Morgan fingerprint density at radius 1 is 0.814 bits per heavy atom. The fourth-order valence-electron chi connectivity index (χ4n) is 5.24. The zero-order chi connectivity index (χ0) is 30.4. The van der Waals surface area contributed by atoms with Gasteiger partial charge in [0.15, 0.2) is 12.4 Å². The predicted molar refractivity (Wildman–Crippen MR) is 155 cm³/mol. The Morgan fingerprint density at radius 2 is 1.30 bits per heavy atom. The highest BCUT2D eigenvalue weighted by atomic mass is 16.7. The summed E-state index contributed by atoms with van der Waals surface area (Å²) < 4.78 is 23.6. The second-order valence-electron chi connectivity index (χ2n) is 10.0. The van der Waals surface area contributed by atoms with E-state index in [0.717, 1.165) is 16.7 Å². The first-order valence-electron chi connectivity index (χ1n) is 13.7. The molecule has 0 aromatic heterocycles. The normalized spacial score (nSPS) is 22.1. The number of carbonyl (C=O) groups is 1. The third-order valence-electron chi connectivity index (χ3n) is 7.44. The van der Waals surface area contributed by atoms with E-state index in [1.807, 2.05) is 91.0 Å². The molecule has 0 radical (unpaired) electrons. The maximum absolute atomic E-state index is 12.8. The summed E-state index contributed by atoms with van der Waals surface area (Å²) in [5.74, 6) is -0.872. The molecule has 1 fully saturated rings. The predicted octanol–water partition coefficient (Wildman–Crippen LogP) is 4.22. The number of rotatable bonds is 10. The zero-order valence-corrected chi connectivity index (χ0v) is 23.3. The zero-order valence-electron chi connectivity index (χ0n) is 23.3. The van der Waals surface area contributed by atoms with Crippen LogP contribution in [0.2, 0.25) is 0 Å². The van der Waals surface area contributed by atoms with E-state index in [4.69, 9.17) is 18.9 Å². The Balaban J connectivity index is 1.40. The average molecular weight is 586 g/mol. The minimum atomic E-state index is -1.59. The van der Waals surface area contributed by atoms with E-state index < -0.39 is 47.2 Å². The second kappa shape index (κ2) is 13.2. The largest absolute Gasteiger partial charge is 0.450 e. The van der Waals surface area contributed by atoms with Gasteiger partial charge in [-0.3, -0.25) is 10.1 Å². The summed E-state index contributed by atoms with van der Waals surface area (Å²) in [7, 11) is 1.32. The van der Waals surface area contributed by atoms with Crippen LogP contribution in [0.3, 0.4) is 0 Å². The summed E-state index contributed by atoms with van der Waals surface area (Å²) in [5.41, 5.74) is 1.26. The molecule has 2 N–H and O–H groups in total. The van der Waals surface area contributed by atoms with Crippen LogP contribution in [0, 0.1) is 10.1 Å². The molecule has 1 heterocycles. The number of non-ortho nitro benzene ring substituents is 1. The van der Waals surface area contributed by atoms with E-state index in [1.54, 1.807) is 0 Å². The molecule has 10 heteroatoms. The average Bonchev–Trinajstić information content (AvgIpc) is 3.06. The van der Waals surface area contributed by atoms with Gasteiger partial charge in [-0.1, -0.05) is 91.0 Å². The number of nitro benzene ring substituents is 1. The van der Waals surface area contributed by atoms with Crippen molar-refractivity contribution in [3.8, 4) is 0 Å². The van der Waals surface area contributed by atoms with Gasteiger partial charge in [-0.2, -0.15) is 0 Å². The van der Waals surface area contributed by atoms with E-state index >= 15 is 0 Å². The van der Waals surface area contributed by atoms with Crippen molar-refractivity contribution in [2.24, 2.45) is 0 Å². The lowest BCUT2D eigenvalue weighted by Gasteiger charge is -2.43. The Bertz CT molecular complexity index is 1400. The number of aliphatic hydroxyl groups is 2. The van der Waals surface area contributed by atoms with Crippen molar-refractivity contribution in [2.45, 2.75) is 36.3 Å². The third kappa shape index (κ3) is 6.19. The van der Waals surface area contributed by atoms with Gasteiger partial charge in [0, 0.05) is 19.2 Å². The standard InChI is InChI=1S/C33H31NO9/c1-40-32-30(43-31(37)22-17-19-26(20-18-22)34(38)39)29(36)28(35)27(42-32)21-41-33(23-11-5-2-6-12-23,24-13-7-3-8-14-24)25-15-9-4-10-16-25/h2-20,27-30,32,35-36H,21H2,1H3/t27-,28-,29+,30-,32+/m1/s1. The molecule has 222 valence electrons. The first kappa shape index (κ1) is 30.0. The fourth-order valence-corrected chi connectivity index (χ4v) is 5.24. The van der Waals surface area contributed by atoms with Crippen molar-refractivity contribution in [1.29, 1.82) is 0 Å². The molecule has 1 aliphatic rings. The molecular weight excluding hydrogens is 554 g/mol. The fraction of sp³-hybridized carbons (Fsp3) is 0.242. The first-order valence-corrected chi connectivity index (χ1v) is 13.7. The molecule has 0 spiro atoms. The van der Waals surface area contributed by atoms with Gasteiger partial charge in [-0.05, 0) is 28.8 Å². The van der Waals surface area contributed by atoms with Crippen LogP contribution >= 0.6 is 0 Å². The molecule has 43 heavy (non-hydrogen) atoms. The molecular formula is C33H31NO9. The summed E-state index contributed by atoms with van der Waals surface area (Å²) in [4.78, 5) is 23.1. The Morgan fingerprint density at radius 3 is 1.74 bits per heavy atom. The molecule has 1 aliphatic heterocycles. The maximum atomic E-state index is 12.8. The number of carbonyl (C=O) groups excluding carboxylic acids is 1. The van der Waals surface area contributed by atoms with Gasteiger partial charge in [0.2, 0.25) is 0 Å². The molecule has 5 atom stereocenters. The highest BCUT2D eigenvalue weighted by molar-refractivity contribution is 5.89. The summed E-state index contributed by atoms with van der Waals surface area (Å²) >= 11 is 0. The maximum Gasteiger partial charge on any atom is 0.338 e.